The average molecular weight is 262 g/mol. The Balaban J connectivity index is 2.07. The van der Waals surface area contributed by atoms with Gasteiger partial charge < -0.3 is 4.74 Å². The molecule has 0 bridgehead atoms. The van der Waals surface area contributed by atoms with Crippen molar-refractivity contribution < 1.29 is 4.74 Å². The predicted octanol–water partition coefficient (Wildman–Crippen LogP) is 4.00. The largest absolute Gasteiger partial charge is 0.478 e. The van der Waals surface area contributed by atoms with Gasteiger partial charge in [0.1, 0.15) is 0 Å². The lowest BCUT2D eigenvalue weighted by Gasteiger charge is -2.10. The van der Waals surface area contributed by atoms with Crippen molar-refractivity contribution in [3.8, 4) is 5.88 Å². The third-order valence-corrected chi connectivity index (χ3v) is 3.03. The minimum absolute atomic E-state index is 0.0597. The first kappa shape index (κ1) is 12.9. The summed E-state index contributed by atoms with van der Waals surface area (Å²) in [6.45, 7) is 2.57. The molecule has 18 heavy (non-hydrogen) atoms. The summed E-state index contributed by atoms with van der Waals surface area (Å²) in [6, 6.07) is 15.8. The van der Waals surface area contributed by atoms with Crippen LogP contribution in [0.3, 0.4) is 0 Å². The van der Waals surface area contributed by atoms with Crippen molar-refractivity contribution in [3.05, 3.63) is 59.8 Å². The highest BCUT2D eigenvalue weighted by atomic mass is 35.5. The number of aromatic nitrogens is 1. The van der Waals surface area contributed by atoms with Crippen molar-refractivity contribution in [1.29, 1.82) is 0 Å². The van der Waals surface area contributed by atoms with Gasteiger partial charge in [-0.25, -0.2) is 4.98 Å². The molecule has 94 valence electrons. The maximum absolute atomic E-state index is 6.39. The fourth-order valence-corrected chi connectivity index (χ4v) is 2.07. The fraction of sp³-hybridized carbons (Fsp3) is 0.267. The molecule has 0 aliphatic heterocycles. The summed E-state index contributed by atoms with van der Waals surface area (Å²) < 4.78 is 5.38. The van der Waals surface area contributed by atoms with Gasteiger partial charge in [0.2, 0.25) is 5.88 Å². The predicted molar refractivity (Wildman–Crippen MR) is 74.1 cm³/mol. The highest BCUT2D eigenvalue weighted by Crippen LogP contribution is 2.24. The molecule has 0 aliphatic carbocycles. The fourth-order valence-electron chi connectivity index (χ4n) is 1.76. The molecule has 1 unspecified atom stereocenters. The summed E-state index contributed by atoms with van der Waals surface area (Å²) in [4.78, 5) is 4.42. The number of hydrogen-bond donors (Lipinski definition) is 0. The first-order valence-corrected chi connectivity index (χ1v) is 6.51. The second-order valence-electron chi connectivity index (χ2n) is 3.98. The number of ether oxygens (including phenoxy) is 1. The second kappa shape index (κ2) is 6.41. The Kier molecular flexibility index (Phi) is 4.59. The van der Waals surface area contributed by atoms with E-state index >= 15 is 0 Å². The molecule has 0 spiro atoms. The Morgan fingerprint density at radius 2 is 1.89 bits per heavy atom. The maximum atomic E-state index is 6.39. The normalized spacial score (nSPS) is 12.1. The molecule has 0 aliphatic rings. The molecule has 0 saturated heterocycles. The van der Waals surface area contributed by atoms with E-state index in [2.05, 4.69) is 4.98 Å². The highest BCUT2D eigenvalue weighted by Gasteiger charge is 2.09. The van der Waals surface area contributed by atoms with Crippen LogP contribution in [0.2, 0.25) is 0 Å². The number of hydrogen-bond acceptors (Lipinski definition) is 2. The van der Waals surface area contributed by atoms with E-state index in [0.717, 1.165) is 11.3 Å². The first-order valence-electron chi connectivity index (χ1n) is 6.07. The second-order valence-corrected chi connectivity index (χ2v) is 4.51. The molecular weight excluding hydrogens is 246 g/mol. The zero-order valence-corrected chi connectivity index (χ0v) is 11.1. The monoisotopic (exact) mass is 261 g/mol. The quantitative estimate of drug-likeness (QED) is 0.759. The maximum Gasteiger partial charge on any atom is 0.213 e. The van der Waals surface area contributed by atoms with Crippen molar-refractivity contribution in [3.63, 3.8) is 0 Å². The number of nitrogens with zero attached hydrogens (tertiary/aromatic N) is 1. The standard InChI is InChI=1S/C15H16ClNO/c1-2-18-15-10-6-9-13(17-15)11-14(16)12-7-4-3-5-8-12/h3-10,14H,2,11H2,1H3. The van der Waals surface area contributed by atoms with Crippen molar-refractivity contribution in [2.24, 2.45) is 0 Å². The first-order chi connectivity index (χ1) is 8.79. The molecule has 1 aromatic heterocycles. The van der Waals surface area contributed by atoms with Gasteiger partial charge in [0.15, 0.2) is 0 Å². The Morgan fingerprint density at radius 1 is 1.11 bits per heavy atom. The molecule has 1 heterocycles. The van der Waals surface area contributed by atoms with E-state index in [-0.39, 0.29) is 5.38 Å². The van der Waals surface area contributed by atoms with Gasteiger partial charge in [-0.05, 0) is 18.6 Å². The third kappa shape index (κ3) is 3.47. The lowest BCUT2D eigenvalue weighted by atomic mass is 10.1. The van der Waals surface area contributed by atoms with Crippen LogP contribution in [0.4, 0.5) is 0 Å². The van der Waals surface area contributed by atoms with Crippen LogP contribution >= 0.6 is 11.6 Å². The minimum atomic E-state index is -0.0597. The molecule has 0 fully saturated rings. The molecule has 2 rings (SSSR count). The summed E-state index contributed by atoms with van der Waals surface area (Å²) in [6.07, 6.45) is 0.701. The van der Waals surface area contributed by atoms with Crippen LogP contribution in [0.1, 0.15) is 23.6 Å². The molecule has 0 N–H and O–H groups in total. The number of halogens is 1. The highest BCUT2D eigenvalue weighted by molar-refractivity contribution is 6.20. The van der Waals surface area contributed by atoms with Crippen LogP contribution in [0.5, 0.6) is 5.88 Å². The van der Waals surface area contributed by atoms with E-state index in [1.165, 1.54) is 0 Å². The molecule has 2 nitrogen and oxygen atoms in total. The number of rotatable bonds is 5. The van der Waals surface area contributed by atoms with E-state index < -0.39 is 0 Å². The van der Waals surface area contributed by atoms with Gasteiger partial charge in [0, 0.05) is 18.2 Å². The van der Waals surface area contributed by atoms with Gasteiger partial charge in [0.05, 0.1) is 12.0 Å². The summed E-state index contributed by atoms with van der Waals surface area (Å²) in [5.74, 6) is 0.659. The van der Waals surface area contributed by atoms with Crippen LogP contribution in [-0.4, -0.2) is 11.6 Å². The summed E-state index contributed by atoms with van der Waals surface area (Å²) >= 11 is 6.39. The van der Waals surface area contributed by atoms with Gasteiger partial charge in [-0.2, -0.15) is 0 Å². The lowest BCUT2D eigenvalue weighted by molar-refractivity contribution is 0.326. The lowest BCUT2D eigenvalue weighted by Crippen LogP contribution is -2.00. The smallest absolute Gasteiger partial charge is 0.213 e. The van der Waals surface area contributed by atoms with E-state index in [1.807, 2.05) is 55.5 Å². The Labute approximate surface area is 113 Å². The molecule has 2 aromatic rings. The third-order valence-electron chi connectivity index (χ3n) is 2.62. The molecule has 0 radical (unpaired) electrons. The molecule has 3 heteroatoms. The Morgan fingerprint density at radius 3 is 2.61 bits per heavy atom. The molecule has 1 aromatic carbocycles. The van der Waals surface area contributed by atoms with Crippen LogP contribution in [0.15, 0.2) is 48.5 Å². The van der Waals surface area contributed by atoms with E-state index in [1.54, 1.807) is 0 Å². The molecular formula is C15H16ClNO. The van der Waals surface area contributed by atoms with Gasteiger partial charge >= 0.3 is 0 Å². The van der Waals surface area contributed by atoms with Crippen LogP contribution in [0.25, 0.3) is 0 Å². The SMILES string of the molecule is CCOc1cccc(CC(Cl)c2ccccc2)n1. The zero-order valence-electron chi connectivity index (χ0n) is 10.3. The van der Waals surface area contributed by atoms with Crippen molar-refractivity contribution in [2.75, 3.05) is 6.61 Å². The van der Waals surface area contributed by atoms with Crippen molar-refractivity contribution in [1.82, 2.24) is 4.98 Å². The van der Waals surface area contributed by atoms with E-state index in [4.69, 9.17) is 16.3 Å². The van der Waals surface area contributed by atoms with E-state index in [9.17, 15) is 0 Å². The summed E-state index contributed by atoms with van der Waals surface area (Å²) in [5, 5.41) is -0.0597. The van der Waals surface area contributed by atoms with Gasteiger partial charge in [-0.3, -0.25) is 0 Å². The van der Waals surface area contributed by atoms with Gasteiger partial charge in [0.25, 0.3) is 0 Å². The van der Waals surface area contributed by atoms with E-state index in [0.29, 0.717) is 18.9 Å². The van der Waals surface area contributed by atoms with Crippen molar-refractivity contribution >= 4 is 11.6 Å². The molecule has 0 saturated carbocycles. The zero-order chi connectivity index (χ0) is 12.8. The average Bonchev–Trinajstić information content (AvgIpc) is 2.40. The summed E-state index contributed by atoms with van der Waals surface area (Å²) in [5.41, 5.74) is 2.06. The number of alkyl halides is 1. The topological polar surface area (TPSA) is 22.1 Å². The van der Waals surface area contributed by atoms with Crippen LogP contribution in [-0.2, 0) is 6.42 Å². The molecule has 1 atom stereocenters. The van der Waals surface area contributed by atoms with Gasteiger partial charge in [-0.15, -0.1) is 11.6 Å². The van der Waals surface area contributed by atoms with Crippen molar-refractivity contribution in [2.45, 2.75) is 18.7 Å². The summed E-state index contributed by atoms with van der Waals surface area (Å²) in [7, 11) is 0. The van der Waals surface area contributed by atoms with Crippen LogP contribution in [0, 0.1) is 0 Å². The Hall–Kier alpha value is -1.54. The van der Waals surface area contributed by atoms with Crippen LogP contribution < -0.4 is 4.74 Å². The number of pyridine rings is 1. The number of benzene rings is 1. The molecule has 0 amide bonds. The Bertz CT molecular complexity index is 487. The minimum Gasteiger partial charge on any atom is -0.478 e. The van der Waals surface area contributed by atoms with Gasteiger partial charge in [-0.1, -0.05) is 36.4 Å².